The maximum Gasteiger partial charge on any atom is 0.253 e. The van der Waals surface area contributed by atoms with Gasteiger partial charge in [0.1, 0.15) is 6.61 Å². The molecule has 0 saturated heterocycles. The van der Waals surface area contributed by atoms with Gasteiger partial charge in [0.05, 0.1) is 11.8 Å². The van der Waals surface area contributed by atoms with Gasteiger partial charge in [-0.15, -0.1) is 11.8 Å². The fourth-order valence-corrected chi connectivity index (χ4v) is 2.74. The van der Waals surface area contributed by atoms with E-state index >= 15 is 0 Å². The molecule has 1 amide bonds. The van der Waals surface area contributed by atoms with E-state index in [2.05, 4.69) is 6.07 Å². The van der Waals surface area contributed by atoms with E-state index in [1.807, 2.05) is 36.9 Å². The van der Waals surface area contributed by atoms with Gasteiger partial charge in [-0.05, 0) is 26.0 Å². The molecule has 0 aliphatic carbocycles. The zero-order valence-electron chi connectivity index (χ0n) is 10.2. The van der Waals surface area contributed by atoms with Crippen molar-refractivity contribution >= 4 is 23.4 Å². The Morgan fingerprint density at radius 1 is 1.47 bits per heavy atom. The van der Waals surface area contributed by atoms with Crippen molar-refractivity contribution in [1.29, 1.82) is 0 Å². The van der Waals surface area contributed by atoms with Crippen molar-refractivity contribution in [2.24, 2.45) is 0 Å². The summed E-state index contributed by atoms with van der Waals surface area (Å²) in [7, 11) is 0. The molecule has 1 heterocycles. The summed E-state index contributed by atoms with van der Waals surface area (Å²) < 4.78 is 5.37. The first-order valence-corrected chi connectivity index (χ1v) is 6.81. The van der Waals surface area contributed by atoms with Crippen molar-refractivity contribution in [3.8, 4) is 0 Å². The van der Waals surface area contributed by atoms with Crippen molar-refractivity contribution in [2.75, 3.05) is 23.8 Å². The van der Waals surface area contributed by atoms with Gasteiger partial charge in [-0.2, -0.15) is 0 Å². The van der Waals surface area contributed by atoms with Crippen LogP contribution in [0.4, 0.5) is 5.69 Å². The number of hydrogen-bond acceptors (Lipinski definition) is 3. The summed E-state index contributed by atoms with van der Waals surface area (Å²) in [6.07, 6.45) is 0.0911. The van der Waals surface area contributed by atoms with Gasteiger partial charge in [0.15, 0.2) is 0 Å². The molecule has 0 saturated carbocycles. The van der Waals surface area contributed by atoms with E-state index in [0.29, 0.717) is 0 Å². The van der Waals surface area contributed by atoms with Crippen LogP contribution in [0.2, 0.25) is 0 Å². The van der Waals surface area contributed by atoms with Crippen LogP contribution in [0, 0.1) is 0 Å². The van der Waals surface area contributed by atoms with Crippen LogP contribution in [0.15, 0.2) is 29.2 Å². The molecule has 92 valence electrons. The van der Waals surface area contributed by atoms with Crippen LogP contribution in [0.25, 0.3) is 0 Å². The summed E-state index contributed by atoms with van der Waals surface area (Å²) >= 11 is 1.80. The standard InChI is InChI=1S/C13H17NO2S/c1-10(2)16-9-13(15)14-7-8-17-12-6-4-3-5-11(12)14/h3-6,10H,7-9H2,1-2H3. The Hall–Kier alpha value is -1.00. The Kier molecular flexibility index (Phi) is 4.07. The van der Waals surface area contributed by atoms with Crippen molar-refractivity contribution in [3.05, 3.63) is 24.3 Å². The molecule has 17 heavy (non-hydrogen) atoms. The van der Waals surface area contributed by atoms with Gasteiger partial charge in [-0.25, -0.2) is 0 Å². The summed E-state index contributed by atoms with van der Waals surface area (Å²) in [6.45, 7) is 4.80. The number of nitrogens with zero attached hydrogens (tertiary/aromatic N) is 1. The maximum atomic E-state index is 12.1. The average molecular weight is 251 g/mol. The van der Waals surface area contributed by atoms with E-state index in [1.165, 1.54) is 4.90 Å². The average Bonchev–Trinajstić information content (AvgIpc) is 2.35. The first kappa shape index (κ1) is 12.5. The number of para-hydroxylation sites is 1. The first-order chi connectivity index (χ1) is 8.18. The molecule has 0 spiro atoms. The molecular formula is C13H17NO2S. The lowest BCUT2D eigenvalue weighted by Gasteiger charge is -2.29. The smallest absolute Gasteiger partial charge is 0.253 e. The third-order valence-corrected chi connectivity index (χ3v) is 3.61. The zero-order valence-corrected chi connectivity index (χ0v) is 11.0. The highest BCUT2D eigenvalue weighted by atomic mass is 32.2. The minimum Gasteiger partial charge on any atom is -0.369 e. The quantitative estimate of drug-likeness (QED) is 0.827. The normalized spacial score (nSPS) is 14.9. The highest BCUT2D eigenvalue weighted by Gasteiger charge is 2.22. The molecule has 1 aliphatic heterocycles. The van der Waals surface area contributed by atoms with Crippen LogP contribution in [-0.2, 0) is 9.53 Å². The van der Waals surface area contributed by atoms with E-state index in [9.17, 15) is 4.79 Å². The molecule has 1 aromatic carbocycles. The van der Waals surface area contributed by atoms with Crippen molar-refractivity contribution in [1.82, 2.24) is 0 Å². The van der Waals surface area contributed by atoms with E-state index in [-0.39, 0.29) is 18.6 Å². The number of carbonyl (C=O) groups excluding carboxylic acids is 1. The van der Waals surface area contributed by atoms with Crippen LogP contribution in [0.1, 0.15) is 13.8 Å². The van der Waals surface area contributed by atoms with E-state index in [0.717, 1.165) is 18.0 Å². The molecule has 0 atom stereocenters. The number of ether oxygens (including phenoxy) is 1. The van der Waals surface area contributed by atoms with Gasteiger partial charge in [0, 0.05) is 17.2 Å². The van der Waals surface area contributed by atoms with E-state index in [1.54, 1.807) is 11.8 Å². The molecular weight excluding hydrogens is 234 g/mol. The minimum absolute atomic E-state index is 0.0476. The number of rotatable bonds is 3. The summed E-state index contributed by atoms with van der Waals surface area (Å²) in [5.74, 6) is 0.996. The topological polar surface area (TPSA) is 29.5 Å². The van der Waals surface area contributed by atoms with Crippen LogP contribution < -0.4 is 4.90 Å². The minimum atomic E-state index is 0.0476. The summed E-state index contributed by atoms with van der Waals surface area (Å²) in [5, 5.41) is 0. The predicted molar refractivity (Wildman–Crippen MR) is 70.6 cm³/mol. The van der Waals surface area contributed by atoms with Crippen LogP contribution in [0.3, 0.4) is 0 Å². The SMILES string of the molecule is CC(C)OCC(=O)N1CCSc2ccccc21. The fraction of sp³-hybridized carbons (Fsp3) is 0.462. The van der Waals surface area contributed by atoms with Gasteiger partial charge < -0.3 is 9.64 Å². The number of fused-ring (bicyclic) bond motifs is 1. The molecule has 0 bridgehead atoms. The molecule has 2 rings (SSSR count). The Bertz CT molecular complexity index is 406. The lowest BCUT2D eigenvalue weighted by molar-refractivity contribution is -0.124. The zero-order chi connectivity index (χ0) is 12.3. The molecule has 1 aromatic rings. The van der Waals surface area contributed by atoms with Gasteiger partial charge >= 0.3 is 0 Å². The van der Waals surface area contributed by atoms with E-state index in [4.69, 9.17) is 4.74 Å². The number of benzene rings is 1. The number of carbonyl (C=O) groups is 1. The molecule has 3 nitrogen and oxygen atoms in total. The van der Waals surface area contributed by atoms with Gasteiger partial charge in [-0.3, -0.25) is 4.79 Å². The third-order valence-electron chi connectivity index (χ3n) is 2.57. The number of hydrogen-bond donors (Lipinski definition) is 0. The van der Waals surface area contributed by atoms with Gasteiger partial charge in [0.2, 0.25) is 0 Å². The van der Waals surface area contributed by atoms with Crippen molar-refractivity contribution < 1.29 is 9.53 Å². The monoisotopic (exact) mass is 251 g/mol. The first-order valence-electron chi connectivity index (χ1n) is 5.82. The molecule has 0 N–H and O–H groups in total. The summed E-state index contributed by atoms with van der Waals surface area (Å²) in [5.41, 5.74) is 1.01. The molecule has 1 aliphatic rings. The molecule has 0 unspecified atom stereocenters. The number of amides is 1. The molecule has 4 heteroatoms. The lowest BCUT2D eigenvalue weighted by atomic mass is 10.2. The van der Waals surface area contributed by atoms with Crippen molar-refractivity contribution in [3.63, 3.8) is 0 Å². The second kappa shape index (κ2) is 5.56. The summed E-state index contributed by atoms with van der Waals surface area (Å²) in [6, 6.07) is 8.02. The molecule has 0 aromatic heterocycles. The highest BCUT2D eigenvalue weighted by Crippen LogP contribution is 2.34. The molecule has 0 fully saturated rings. The van der Waals surface area contributed by atoms with Gasteiger partial charge in [-0.1, -0.05) is 12.1 Å². The number of anilines is 1. The maximum absolute atomic E-state index is 12.1. The van der Waals surface area contributed by atoms with Crippen LogP contribution in [-0.4, -0.2) is 30.9 Å². The Balaban J connectivity index is 2.10. The van der Waals surface area contributed by atoms with Crippen molar-refractivity contribution in [2.45, 2.75) is 24.8 Å². The second-order valence-corrected chi connectivity index (χ2v) is 5.36. The largest absolute Gasteiger partial charge is 0.369 e. The fourth-order valence-electron chi connectivity index (χ4n) is 1.74. The highest BCUT2D eigenvalue weighted by molar-refractivity contribution is 7.99. The summed E-state index contributed by atoms with van der Waals surface area (Å²) in [4.78, 5) is 15.1. The van der Waals surface area contributed by atoms with Crippen LogP contribution >= 0.6 is 11.8 Å². The third kappa shape index (κ3) is 3.01. The Morgan fingerprint density at radius 3 is 3.00 bits per heavy atom. The van der Waals surface area contributed by atoms with E-state index < -0.39 is 0 Å². The second-order valence-electron chi connectivity index (χ2n) is 4.22. The predicted octanol–water partition coefficient (Wildman–Crippen LogP) is 2.55. The Morgan fingerprint density at radius 2 is 2.24 bits per heavy atom. The number of thioether (sulfide) groups is 1. The molecule has 0 radical (unpaired) electrons. The van der Waals surface area contributed by atoms with Gasteiger partial charge in [0.25, 0.3) is 5.91 Å². The Labute approximate surface area is 106 Å². The van der Waals surface area contributed by atoms with Crippen LogP contribution in [0.5, 0.6) is 0 Å². The lowest BCUT2D eigenvalue weighted by Crippen LogP contribution is -2.38.